The van der Waals surface area contributed by atoms with E-state index in [-0.39, 0.29) is 18.8 Å². The molecule has 0 aliphatic heterocycles. The van der Waals surface area contributed by atoms with E-state index >= 15 is 0 Å². The van der Waals surface area contributed by atoms with E-state index in [0.29, 0.717) is 31.9 Å². The SMILES string of the molecule is CCOC(=O)c1c(NC(=O)/C(C#N)=C/c2cc(I)c(OCc3ccc(Cl)cc3Cl)c(I)c2)sc(C)c1C. The molecule has 0 atom stereocenters. The van der Waals surface area contributed by atoms with Crippen molar-refractivity contribution in [2.75, 3.05) is 11.9 Å². The second-order valence-corrected chi connectivity index (χ2v) is 12.1. The molecule has 6 nitrogen and oxygen atoms in total. The van der Waals surface area contributed by atoms with Gasteiger partial charge in [0.1, 0.15) is 29.0 Å². The fraction of sp³-hybridized carbons (Fsp3) is 0.192. The fourth-order valence-corrected chi connectivity index (χ4v) is 6.87. The highest BCUT2D eigenvalue weighted by atomic mass is 127. The van der Waals surface area contributed by atoms with Gasteiger partial charge >= 0.3 is 5.97 Å². The van der Waals surface area contributed by atoms with Gasteiger partial charge in [-0.3, -0.25) is 4.79 Å². The zero-order chi connectivity index (χ0) is 27.3. The molecular formula is C26H20Cl2I2N2O4S. The molecular weight excluding hydrogens is 761 g/mol. The minimum absolute atomic E-state index is 0.105. The summed E-state index contributed by atoms with van der Waals surface area (Å²) in [6.45, 7) is 5.84. The number of thiophene rings is 1. The summed E-state index contributed by atoms with van der Waals surface area (Å²) < 4.78 is 12.7. The van der Waals surface area contributed by atoms with Crippen LogP contribution in [0.5, 0.6) is 5.75 Å². The van der Waals surface area contributed by atoms with Crippen LogP contribution in [0.3, 0.4) is 0 Å². The summed E-state index contributed by atoms with van der Waals surface area (Å²) in [4.78, 5) is 26.3. The number of aryl methyl sites for hydroxylation is 1. The Morgan fingerprint density at radius 1 is 1.16 bits per heavy atom. The Morgan fingerprint density at radius 3 is 2.43 bits per heavy atom. The number of amides is 1. The molecule has 37 heavy (non-hydrogen) atoms. The van der Waals surface area contributed by atoms with Gasteiger partial charge in [-0.05, 0) is 107 Å². The van der Waals surface area contributed by atoms with Crippen molar-refractivity contribution in [3.05, 3.63) is 80.2 Å². The van der Waals surface area contributed by atoms with Crippen LogP contribution in [0, 0.1) is 32.3 Å². The molecule has 3 aromatic rings. The van der Waals surface area contributed by atoms with E-state index in [2.05, 4.69) is 50.5 Å². The molecule has 192 valence electrons. The first kappa shape index (κ1) is 29.7. The Morgan fingerprint density at radius 2 is 1.84 bits per heavy atom. The van der Waals surface area contributed by atoms with Gasteiger partial charge in [0.25, 0.3) is 5.91 Å². The minimum atomic E-state index is -0.614. The van der Waals surface area contributed by atoms with E-state index in [4.69, 9.17) is 32.7 Å². The molecule has 1 heterocycles. The number of esters is 1. The molecule has 3 rings (SSSR count). The van der Waals surface area contributed by atoms with Crippen molar-refractivity contribution in [3.63, 3.8) is 0 Å². The molecule has 1 amide bonds. The molecule has 1 N–H and O–H groups in total. The van der Waals surface area contributed by atoms with Crippen molar-refractivity contribution >= 4 is 103 Å². The number of nitriles is 1. The van der Waals surface area contributed by atoms with Crippen LogP contribution in [0.2, 0.25) is 10.0 Å². The van der Waals surface area contributed by atoms with Gasteiger partial charge in [-0.2, -0.15) is 5.26 Å². The normalized spacial score (nSPS) is 11.1. The number of ether oxygens (including phenoxy) is 2. The van der Waals surface area contributed by atoms with Gasteiger partial charge < -0.3 is 14.8 Å². The zero-order valence-electron chi connectivity index (χ0n) is 19.9. The highest BCUT2D eigenvalue weighted by Crippen LogP contribution is 2.34. The van der Waals surface area contributed by atoms with E-state index < -0.39 is 11.9 Å². The maximum atomic E-state index is 13.0. The van der Waals surface area contributed by atoms with Crippen LogP contribution in [0.4, 0.5) is 5.00 Å². The maximum Gasteiger partial charge on any atom is 0.341 e. The first-order valence-corrected chi connectivity index (χ1v) is 14.5. The van der Waals surface area contributed by atoms with E-state index in [0.717, 1.165) is 23.1 Å². The number of benzene rings is 2. The molecule has 1 aromatic heterocycles. The number of carbonyl (C=O) groups excluding carboxylic acids is 2. The highest BCUT2D eigenvalue weighted by Gasteiger charge is 2.23. The number of nitrogens with one attached hydrogen (secondary N) is 1. The van der Waals surface area contributed by atoms with Crippen LogP contribution in [0.25, 0.3) is 6.08 Å². The Bertz CT molecular complexity index is 1420. The maximum absolute atomic E-state index is 13.0. The lowest BCUT2D eigenvalue weighted by Gasteiger charge is -2.13. The van der Waals surface area contributed by atoms with E-state index in [1.807, 2.05) is 31.2 Å². The van der Waals surface area contributed by atoms with Crippen molar-refractivity contribution < 1.29 is 19.1 Å². The van der Waals surface area contributed by atoms with Crippen molar-refractivity contribution in [2.45, 2.75) is 27.4 Å². The van der Waals surface area contributed by atoms with Crippen LogP contribution in [0.15, 0.2) is 35.9 Å². The van der Waals surface area contributed by atoms with E-state index in [9.17, 15) is 14.9 Å². The number of nitrogens with zero attached hydrogens (tertiary/aromatic N) is 1. The molecule has 0 aliphatic rings. The number of hydrogen-bond acceptors (Lipinski definition) is 6. The summed E-state index contributed by atoms with van der Waals surface area (Å²) >= 11 is 17.8. The number of anilines is 1. The number of rotatable bonds is 8. The van der Waals surface area contributed by atoms with Crippen LogP contribution in [-0.2, 0) is 16.1 Å². The molecule has 2 aromatic carbocycles. The van der Waals surface area contributed by atoms with Crippen molar-refractivity contribution in [2.24, 2.45) is 0 Å². The molecule has 0 aliphatic carbocycles. The monoisotopic (exact) mass is 780 g/mol. The van der Waals surface area contributed by atoms with Crippen molar-refractivity contribution in [3.8, 4) is 11.8 Å². The summed E-state index contributed by atoms with van der Waals surface area (Å²) in [6.07, 6.45) is 1.50. The van der Waals surface area contributed by atoms with Gasteiger partial charge in [0.15, 0.2) is 0 Å². The smallest absolute Gasteiger partial charge is 0.341 e. The predicted molar refractivity (Wildman–Crippen MR) is 165 cm³/mol. The minimum Gasteiger partial charge on any atom is -0.487 e. The van der Waals surface area contributed by atoms with Crippen LogP contribution >= 0.6 is 79.7 Å². The van der Waals surface area contributed by atoms with Crippen molar-refractivity contribution in [1.29, 1.82) is 5.26 Å². The first-order valence-electron chi connectivity index (χ1n) is 10.8. The van der Waals surface area contributed by atoms with Crippen molar-refractivity contribution in [1.82, 2.24) is 0 Å². The van der Waals surface area contributed by atoms with Gasteiger partial charge in [0.05, 0.1) is 19.3 Å². The molecule has 0 saturated carbocycles. The summed E-state index contributed by atoms with van der Waals surface area (Å²) in [5.74, 6) is -0.463. The summed E-state index contributed by atoms with van der Waals surface area (Å²) in [6, 6.07) is 10.8. The van der Waals surface area contributed by atoms with Gasteiger partial charge in [0, 0.05) is 20.5 Å². The average Bonchev–Trinajstić information content (AvgIpc) is 3.10. The Labute approximate surface area is 256 Å². The quantitative estimate of drug-likeness (QED) is 0.108. The van der Waals surface area contributed by atoms with Crippen LogP contribution in [-0.4, -0.2) is 18.5 Å². The zero-order valence-corrected chi connectivity index (χ0v) is 26.5. The third kappa shape index (κ3) is 7.38. The third-order valence-electron chi connectivity index (χ3n) is 5.18. The summed E-state index contributed by atoms with van der Waals surface area (Å²) in [7, 11) is 0. The summed E-state index contributed by atoms with van der Waals surface area (Å²) in [5.41, 5.74) is 2.39. The van der Waals surface area contributed by atoms with E-state index in [1.54, 1.807) is 26.0 Å². The fourth-order valence-electron chi connectivity index (χ4n) is 3.24. The molecule has 0 unspecified atom stereocenters. The second-order valence-electron chi connectivity index (χ2n) is 7.67. The molecule has 0 bridgehead atoms. The topological polar surface area (TPSA) is 88.4 Å². The second kappa shape index (κ2) is 13.3. The lowest BCUT2D eigenvalue weighted by molar-refractivity contribution is -0.112. The average molecular weight is 781 g/mol. The first-order chi connectivity index (χ1) is 17.5. The molecule has 11 heteroatoms. The molecule has 0 saturated heterocycles. The number of halogens is 4. The largest absolute Gasteiger partial charge is 0.487 e. The standard InChI is InChI=1S/C26H20Cl2I2N2O4S/c1-4-35-26(34)22-13(2)14(3)37-25(22)32-24(33)17(11-31)7-15-8-20(29)23(21(30)9-15)36-12-16-5-6-18(27)10-19(16)28/h5-10H,4,12H2,1-3H3,(H,32,33)/b17-7+. The Balaban J connectivity index is 1.82. The molecule has 0 spiro atoms. The number of hydrogen-bond donors (Lipinski definition) is 1. The van der Waals surface area contributed by atoms with Gasteiger partial charge in [-0.15, -0.1) is 11.3 Å². The van der Waals surface area contributed by atoms with Gasteiger partial charge in [0.2, 0.25) is 0 Å². The Kier molecular flexibility index (Phi) is 10.7. The number of carbonyl (C=O) groups is 2. The summed E-state index contributed by atoms with van der Waals surface area (Å²) in [5, 5.41) is 13.8. The Hall–Kier alpha value is -1.85. The lowest BCUT2D eigenvalue weighted by Crippen LogP contribution is -2.16. The third-order valence-corrected chi connectivity index (χ3v) is 8.49. The van der Waals surface area contributed by atoms with Crippen LogP contribution in [0.1, 0.15) is 38.8 Å². The van der Waals surface area contributed by atoms with Gasteiger partial charge in [-0.1, -0.05) is 29.3 Å². The molecule has 0 radical (unpaired) electrons. The lowest BCUT2D eigenvalue weighted by atomic mass is 10.1. The van der Waals surface area contributed by atoms with Crippen LogP contribution < -0.4 is 10.1 Å². The predicted octanol–water partition coefficient (Wildman–Crippen LogP) is 8.18. The van der Waals surface area contributed by atoms with Gasteiger partial charge in [-0.25, -0.2) is 4.79 Å². The highest BCUT2D eigenvalue weighted by molar-refractivity contribution is 14.1. The molecule has 0 fully saturated rings. The van der Waals surface area contributed by atoms with E-state index in [1.165, 1.54) is 17.4 Å².